The highest BCUT2D eigenvalue weighted by Crippen LogP contribution is 2.42. The lowest BCUT2D eigenvalue weighted by molar-refractivity contribution is 0.603. The Kier molecular flexibility index (Phi) is 8.49. The van der Waals surface area contributed by atoms with Gasteiger partial charge in [0.2, 0.25) is 0 Å². The Morgan fingerprint density at radius 2 is 0.981 bits per heavy atom. The molecular formula is C52H38O2. The predicted molar refractivity (Wildman–Crippen MR) is 228 cm³/mol. The first-order valence-electron chi connectivity index (χ1n) is 18.4. The van der Waals surface area contributed by atoms with Gasteiger partial charge in [0.05, 0.1) is 0 Å². The SMILES string of the molecule is C=C(C1=c2\cccc\c2=C(C(=C)c2oc3ccccc3c2-c2ccc3c(c2)oc2ccccc23)\C=C\CC\C=C\1)c1ccccc1C(=C)c1ccccc1. The van der Waals surface area contributed by atoms with Crippen molar-refractivity contribution in [1.82, 2.24) is 0 Å². The summed E-state index contributed by atoms with van der Waals surface area (Å²) >= 11 is 0. The summed E-state index contributed by atoms with van der Waals surface area (Å²) in [6, 6.07) is 50.2. The lowest BCUT2D eigenvalue weighted by Gasteiger charge is -2.17. The van der Waals surface area contributed by atoms with Crippen LogP contribution in [0.3, 0.4) is 0 Å². The van der Waals surface area contributed by atoms with Crippen molar-refractivity contribution < 1.29 is 8.83 Å². The fraction of sp³-hybridized carbons (Fsp3) is 0.0385. The number of hydrogen-bond donors (Lipinski definition) is 0. The van der Waals surface area contributed by atoms with E-state index in [1.807, 2.05) is 36.4 Å². The molecule has 6 aromatic carbocycles. The van der Waals surface area contributed by atoms with Gasteiger partial charge in [0.25, 0.3) is 0 Å². The number of fused-ring (bicyclic) bond motifs is 5. The monoisotopic (exact) mass is 694 g/mol. The van der Waals surface area contributed by atoms with Gasteiger partial charge in [-0.15, -0.1) is 0 Å². The van der Waals surface area contributed by atoms with Gasteiger partial charge in [0, 0.05) is 27.3 Å². The second kappa shape index (κ2) is 13.9. The molecule has 0 N–H and O–H groups in total. The molecule has 258 valence electrons. The van der Waals surface area contributed by atoms with Crippen molar-refractivity contribution in [3.05, 3.63) is 223 Å². The molecule has 2 heterocycles. The van der Waals surface area contributed by atoms with Crippen LogP contribution >= 0.6 is 0 Å². The van der Waals surface area contributed by atoms with Crippen LogP contribution in [0.25, 0.3) is 71.9 Å². The quantitative estimate of drug-likeness (QED) is 0.166. The first-order valence-corrected chi connectivity index (χ1v) is 18.4. The van der Waals surface area contributed by atoms with Crippen LogP contribution < -0.4 is 10.4 Å². The summed E-state index contributed by atoms with van der Waals surface area (Å²) in [5.41, 5.74) is 12.5. The number of furan rings is 2. The van der Waals surface area contributed by atoms with E-state index in [0.717, 1.165) is 118 Å². The lowest BCUT2D eigenvalue weighted by Crippen LogP contribution is -2.29. The van der Waals surface area contributed by atoms with E-state index in [1.54, 1.807) is 0 Å². The maximum Gasteiger partial charge on any atom is 0.143 e. The number of para-hydroxylation sites is 2. The zero-order valence-corrected chi connectivity index (χ0v) is 30.0. The van der Waals surface area contributed by atoms with E-state index in [0.29, 0.717) is 0 Å². The first-order chi connectivity index (χ1) is 26.6. The highest BCUT2D eigenvalue weighted by atomic mass is 16.3. The van der Waals surface area contributed by atoms with Crippen LogP contribution in [0.4, 0.5) is 0 Å². The van der Waals surface area contributed by atoms with Crippen molar-refractivity contribution in [2.24, 2.45) is 0 Å². The third-order valence-electron chi connectivity index (χ3n) is 10.5. The van der Waals surface area contributed by atoms with E-state index in [1.165, 1.54) is 0 Å². The number of benzene rings is 6. The Hall–Kier alpha value is -6.90. The maximum atomic E-state index is 6.78. The number of rotatable bonds is 7. The predicted octanol–water partition coefficient (Wildman–Crippen LogP) is 12.7. The van der Waals surface area contributed by atoms with E-state index in [2.05, 4.69) is 140 Å². The molecule has 0 saturated carbocycles. The fourth-order valence-corrected chi connectivity index (χ4v) is 7.75. The van der Waals surface area contributed by atoms with Crippen molar-refractivity contribution in [1.29, 1.82) is 0 Å². The molecule has 9 rings (SSSR count). The zero-order chi connectivity index (χ0) is 36.6. The molecule has 8 aromatic rings. The summed E-state index contributed by atoms with van der Waals surface area (Å²) in [4.78, 5) is 0. The number of allylic oxidation sites excluding steroid dienone is 6. The molecule has 0 radical (unpaired) electrons. The minimum Gasteiger partial charge on any atom is -0.456 e. The largest absolute Gasteiger partial charge is 0.456 e. The summed E-state index contributed by atoms with van der Waals surface area (Å²) in [7, 11) is 0. The molecule has 2 nitrogen and oxygen atoms in total. The maximum absolute atomic E-state index is 6.78. The Morgan fingerprint density at radius 3 is 1.69 bits per heavy atom. The van der Waals surface area contributed by atoms with Crippen molar-refractivity contribution in [3.63, 3.8) is 0 Å². The van der Waals surface area contributed by atoms with Crippen LogP contribution in [0.1, 0.15) is 35.3 Å². The standard InChI is InChI=1S/C52H38O2/c1-34(37-19-7-6-8-20-37)39-23-11-12-24-40(39)35(2)41-21-9-4-5-10-22-42(44-26-14-13-25-43(41)44)36(3)52-51(47-28-16-18-30-49(47)54-52)38-31-32-46-45-27-15-17-29-48(45)53-50(46)33-38/h6-33H,1-5H2/b21-9+,22-10+,43-41+,44-42+. The molecule has 0 fully saturated rings. The van der Waals surface area contributed by atoms with Crippen LogP contribution in [-0.2, 0) is 0 Å². The molecule has 0 aliphatic heterocycles. The van der Waals surface area contributed by atoms with Gasteiger partial charge in [-0.1, -0.05) is 165 Å². The molecule has 0 amide bonds. The molecule has 2 heteroatoms. The average Bonchev–Trinajstić information content (AvgIpc) is 3.80. The summed E-state index contributed by atoms with van der Waals surface area (Å²) in [6.07, 6.45) is 10.7. The van der Waals surface area contributed by atoms with Crippen molar-refractivity contribution in [2.75, 3.05) is 0 Å². The molecule has 0 saturated heterocycles. The van der Waals surface area contributed by atoms with Crippen LogP contribution in [0.2, 0.25) is 0 Å². The normalized spacial score (nSPS) is 16.2. The van der Waals surface area contributed by atoms with Crippen LogP contribution in [0.15, 0.2) is 198 Å². The molecule has 0 atom stereocenters. The lowest BCUT2D eigenvalue weighted by atomic mass is 9.87. The molecule has 2 aromatic heterocycles. The van der Waals surface area contributed by atoms with Crippen molar-refractivity contribution in [3.8, 4) is 11.1 Å². The molecule has 1 aliphatic carbocycles. The highest BCUT2D eigenvalue weighted by Gasteiger charge is 2.22. The van der Waals surface area contributed by atoms with E-state index in [9.17, 15) is 0 Å². The Morgan fingerprint density at radius 1 is 0.444 bits per heavy atom. The minimum absolute atomic E-state index is 0.735. The third kappa shape index (κ3) is 5.79. The topological polar surface area (TPSA) is 26.3 Å². The van der Waals surface area contributed by atoms with Gasteiger partial charge < -0.3 is 8.83 Å². The third-order valence-corrected chi connectivity index (χ3v) is 10.5. The molecular weight excluding hydrogens is 657 g/mol. The van der Waals surface area contributed by atoms with Gasteiger partial charge in [-0.25, -0.2) is 0 Å². The molecule has 0 bridgehead atoms. The second-order valence-electron chi connectivity index (χ2n) is 13.7. The minimum atomic E-state index is 0.735. The van der Waals surface area contributed by atoms with E-state index >= 15 is 0 Å². The van der Waals surface area contributed by atoms with Gasteiger partial charge in [0.15, 0.2) is 0 Å². The Labute approximate surface area is 315 Å². The van der Waals surface area contributed by atoms with Gasteiger partial charge >= 0.3 is 0 Å². The molecule has 1 aliphatic rings. The van der Waals surface area contributed by atoms with Crippen LogP contribution in [-0.4, -0.2) is 0 Å². The summed E-state index contributed by atoms with van der Waals surface area (Å²) in [5.74, 6) is 0.735. The van der Waals surface area contributed by atoms with Gasteiger partial charge in [0.1, 0.15) is 22.5 Å². The summed E-state index contributed by atoms with van der Waals surface area (Å²) in [5, 5.41) is 5.35. The van der Waals surface area contributed by atoms with Crippen molar-refractivity contribution in [2.45, 2.75) is 12.8 Å². The van der Waals surface area contributed by atoms with Crippen molar-refractivity contribution >= 4 is 60.8 Å². The Bertz CT molecular complexity index is 2980. The zero-order valence-electron chi connectivity index (χ0n) is 30.0. The summed E-state index contributed by atoms with van der Waals surface area (Å²) < 4.78 is 13.1. The smallest absolute Gasteiger partial charge is 0.143 e. The first kappa shape index (κ1) is 33.0. The van der Waals surface area contributed by atoms with E-state index in [-0.39, 0.29) is 0 Å². The molecule has 0 unspecified atom stereocenters. The van der Waals surface area contributed by atoms with Gasteiger partial charge in [-0.3, -0.25) is 0 Å². The average molecular weight is 695 g/mol. The fourth-order valence-electron chi connectivity index (χ4n) is 7.75. The number of hydrogen-bond acceptors (Lipinski definition) is 2. The molecule has 0 spiro atoms. The summed E-state index contributed by atoms with van der Waals surface area (Å²) in [6.45, 7) is 14.1. The van der Waals surface area contributed by atoms with Crippen LogP contribution in [0, 0.1) is 0 Å². The Balaban J connectivity index is 1.25. The highest BCUT2D eigenvalue weighted by molar-refractivity contribution is 6.12. The van der Waals surface area contributed by atoms with E-state index < -0.39 is 0 Å². The second-order valence-corrected chi connectivity index (χ2v) is 13.7. The van der Waals surface area contributed by atoms with Gasteiger partial charge in [-0.05, 0) is 92.1 Å². The van der Waals surface area contributed by atoms with E-state index in [4.69, 9.17) is 22.0 Å². The molecule has 54 heavy (non-hydrogen) atoms. The van der Waals surface area contributed by atoms with Crippen LogP contribution in [0.5, 0.6) is 0 Å². The van der Waals surface area contributed by atoms with Gasteiger partial charge in [-0.2, -0.15) is 0 Å².